The molecule has 0 aliphatic heterocycles. The predicted molar refractivity (Wildman–Crippen MR) is 107 cm³/mol. The van der Waals surface area contributed by atoms with Crippen LogP contribution in [-0.4, -0.2) is 24.2 Å². The molecule has 26 heavy (non-hydrogen) atoms. The first-order valence-electron chi connectivity index (χ1n) is 8.75. The number of thiophene rings is 1. The van der Waals surface area contributed by atoms with E-state index in [9.17, 15) is 4.79 Å². The molecular formula is C20H23N3O2S. The van der Waals surface area contributed by atoms with Crippen LogP contribution >= 0.6 is 11.3 Å². The second-order valence-corrected chi connectivity index (χ2v) is 7.00. The topological polar surface area (TPSA) is 58.4 Å². The van der Waals surface area contributed by atoms with Crippen molar-refractivity contribution in [3.05, 3.63) is 53.0 Å². The number of carbonyl (C=O) groups excluding carboxylic acids is 1. The van der Waals surface area contributed by atoms with E-state index in [1.807, 2.05) is 42.6 Å². The van der Waals surface area contributed by atoms with Crippen molar-refractivity contribution in [2.24, 2.45) is 0 Å². The molecule has 6 heteroatoms. The van der Waals surface area contributed by atoms with Crippen molar-refractivity contribution in [1.82, 2.24) is 5.16 Å². The van der Waals surface area contributed by atoms with Crippen LogP contribution in [0.3, 0.4) is 0 Å². The number of benzene rings is 1. The summed E-state index contributed by atoms with van der Waals surface area (Å²) in [6.07, 6.45) is 0.187. The van der Waals surface area contributed by atoms with Crippen LogP contribution in [0.15, 0.2) is 46.3 Å². The minimum Gasteiger partial charge on any atom is -0.372 e. The summed E-state index contributed by atoms with van der Waals surface area (Å²) in [5, 5.41) is 8.95. The Kier molecular flexibility index (Phi) is 5.73. The molecule has 136 valence electrons. The molecule has 5 nitrogen and oxygen atoms in total. The highest BCUT2D eigenvalue weighted by Crippen LogP contribution is 2.26. The number of aryl methyl sites for hydroxylation is 1. The molecule has 0 saturated carbocycles. The summed E-state index contributed by atoms with van der Waals surface area (Å²) < 4.78 is 5.33. The van der Waals surface area contributed by atoms with Gasteiger partial charge in [-0.2, -0.15) is 0 Å². The second kappa shape index (κ2) is 8.19. The van der Waals surface area contributed by atoms with Crippen molar-refractivity contribution >= 4 is 28.6 Å². The third-order valence-corrected chi connectivity index (χ3v) is 5.16. The van der Waals surface area contributed by atoms with Crippen molar-refractivity contribution in [3.8, 4) is 10.6 Å². The molecule has 2 heterocycles. The van der Waals surface area contributed by atoms with Gasteiger partial charge in [0.2, 0.25) is 5.91 Å². The maximum atomic E-state index is 12.4. The first-order valence-corrected chi connectivity index (χ1v) is 9.63. The standard InChI is InChI=1S/C20H23N3O2S/c1-4-23(5-2)16-8-9-17(14(3)11-16)21-20(24)13-15-12-18(25-22-15)19-7-6-10-26-19/h6-12H,4-5,13H2,1-3H3,(H,21,24). The van der Waals surface area contributed by atoms with Gasteiger partial charge in [-0.3, -0.25) is 4.79 Å². The molecule has 0 spiro atoms. The lowest BCUT2D eigenvalue weighted by Crippen LogP contribution is -2.22. The fourth-order valence-corrected chi connectivity index (χ4v) is 3.54. The van der Waals surface area contributed by atoms with Crippen LogP contribution in [0.2, 0.25) is 0 Å². The van der Waals surface area contributed by atoms with E-state index in [-0.39, 0.29) is 12.3 Å². The summed E-state index contributed by atoms with van der Waals surface area (Å²) in [6.45, 7) is 8.20. The molecule has 1 N–H and O–H groups in total. The summed E-state index contributed by atoms with van der Waals surface area (Å²) in [7, 11) is 0. The van der Waals surface area contributed by atoms with Crippen molar-refractivity contribution in [1.29, 1.82) is 0 Å². The number of rotatable bonds is 7. The molecule has 2 aromatic heterocycles. The monoisotopic (exact) mass is 369 g/mol. The van der Waals surface area contributed by atoms with Gasteiger partial charge in [-0.05, 0) is 56.0 Å². The molecule has 0 saturated heterocycles. The van der Waals surface area contributed by atoms with E-state index < -0.39 is 0 Å². The Labute approximate surface area is 157 Å². The third kappa shape index (κ3) is 4.14. The SMILES string of the molecule is CCN(CC)c1ccc(NC(=O)Cc2cc(-c3cccs3)on2)c(C)c1. The van der Waals surface area contributed by atoms with Crippen LogP contribution in [0.5, 0.6) is 0 Å². The Bertz CT molecular complexity index is 867. The number of aromatic nitrogens is 1. The minimum absolute atomic E-state index is 0.102. The molecule has 0 aliphatic rings. The molecule has 0 atom stereocenters. The lowest BCUT2D eigenvalue weighted by Gasteiger charge is -2.22. The highest BCUT2D eigenvalue weighted by molar-refractivity contribution is 7.13. The van der Waals surface area contributed by atoms with Crippen molar-refractivity contribution < 1.29 is 9.32 Å². The Balaban J connectivity index is 1.65. The fraction of sp³-hybridized carbons (Fsp3) is 0.300. The van der Waals surface area contributed by atoms with E-state index in [2.05, 4.69) is 35.3 Å². The molecule has 0 aliphatic carbocycles. The Morgan fingerprint density at radius 3 is 2.69 bits per heavy atom. The Morgan fingerprint density at radius 1 is 1.23 bits per heavy atom. The van der Waals surface area contributed by atoms with E-state index in [1.165, 1.54) is 5.69 Å². The van der Waals surface area contributed by atoms with Gasteiger partial charge in [-0.25, -0.2) is 0 Å². The van der Waals surface area contributed by atoms with E-state index in [1.54, 1.807) is 11.3 Å². The number of hydrogen-bond acceptors (Lipinski definition) is 5. The maximum Gasteiger partial charge on any atom is 0.230 e. The lowest BCUT2D eigenvalue weighted by molar-refractivity contribution is -0.115. The van der Waals surface area contributed by atoms with Crippen molar-refractivity contribution in [3.63, 3.8) is 0 Å². The number of amides is 1. The van der Waals surface area contributed by atoms with Gasteiger partial charge in [-0.1, -0.05) is 11.2 Å². The van der Waals surface area contributed by atoms with Crippen LogP contribution in [0.25, 0.3) is 10.6 Å². The van der Waals surface area contributed by atoms with E-state index in [0.29, 0.717) is 11.5 Å². The summed E-state index contributed by atoms with van der Waals surface area (Å²) in [5.74, 6) is 0.595. The number of nitrogens with one attached hydrogen (secondary N) is 1. The second-order valence-electron chi connectivity index (χ2n) is 6.06. The van der Waals surface area contributed by atoms with Crippen molar-refractivity contribution in [2.45, 2.75) is 27.2 Å². The fourth-order valence-electron chi connectivity index (χ4n) is 2.86. The molecule has 0 bridgehead atoms. The van der Waals surface area contributed by atoms with Gasteiger partial charge in [0.1, 0.15) is 0 Å². The van der Waals surface area contributed by atoms with Gasteiger partial charge >= 0.3 is 0 Å². The molecule has 1 aromatic carbocycles. The zero-order chi connectivity index (χ0) is 18.5. The van der Waals surface area contributed by atoms with E-state index in [4.69, 9.17) is 4.52 Å². The Hall–Kier alpha value is -2.60. The van der Waals surface area contributed by atoms with Gasteiger partial charge < -0.3 is 14.7 Å². The van der Waals surface area contributed by atoms with Crippen LogP contribution in [0.1, 0.15) is 25.1 Å². The van der Waals surface area contributed by atoms with Crippen LogP contribution < -0.4 is 10.2 Å². The average molecular weight is 369 g/mol. The number of hydrogen-bond donors (Lipinski definition) is 1. The van der Waals surface area contributed by atoms with Gasteiger partial charge in [0.05, 0.1) is 17.0 Å². The number of nitrogens with zero attached hydrogens (tertiary/aromatic N) is 2. The quantitative estimate of drug-likeness (QED) is 0.653. The van der Waals surface area contributed by atoms with Crippen LogP contribution in [0, 0.1) is 6.92 Å². The molecule has 0 fully saturated rings. The summed E-state index contributed by atoms with van der Waals surface area (Å²) >= 11 is 1.58. The van der Waals surface area contributed by atoms with Crippen molar-refractivity contribution in [2.75, 3.05) is 23.3 Å². The average Bonchev–Trinajstić information content (AvgIpc) is 3.29. The first-order chi connectivity index (χ1) is 12.6. The normalized spacial score (nSPS) is 10.7. The minimum atomic E-state index is -0.102. The number of carbonyl (C=O) groups is 1. The van der Waals surface area contributed by atoms with Gasteiger partial charge in [-0.15, -0.1) is 11.3 Å². The van der Waals surface area contributed by atoms with E-state index >= 15 is 0 Å². The first kappa shape index (κ1) is 18.2. The third-order valence-electron chi connectivity index (χ3n) is 4.28. The molecule has 0 radical (unpaired) electrons. The Morgan fingerprint density at radius 2 is 2.04 bits per heavy atom. The zero-order valence-corrected chi connectivity index (χ0v) is 16.1. The molecule has 3 aromatic rings. The largest absolute Gasteiger partial charge is 0.372 e. The lowest BCUT2D eigenvalue weighted by atomic mass is 10.1. The summed E-state index contributed by atoms with van der Waals surface area (Å²) in [6, 6.07) is 11.9. The van der Waals surface area contributed by atoms with E-state index in [0.717, 1.165) is 29.2 Å². The zero-order valence-electron chi connectivity index (χ0n) is 15.3. The summed E-state index contributed by atoms with van der Waals surface area (Å²) in [4.78, 5) is 15.6. The van der Waals surface area contributed by atoms with Crippen LogP contribution in [-0.2, 0) is 11.2 Å². The van der Waals surface area contributed by atoms with Gasteiger partial charge in [0, 0.05) is 30.5 Å². The van der Waals surface area contributed by atoms with Crippen LogP contribution in [0.4, 0.5) is 11.4 Å². The van der Waals surface area contributed by atoms with Gasteiger partial charge in [0.15, 0.2) is 5.76 Å². The summed E-state index contributed by atoms with van der Waals surface area (Å²) in [5.41, 5.74) is 3.67. The molecule has 1 amide bonds. The molecule has 0 unspecified atom stereocenters. The maximum absolute atomic E-state index is 12.4. The highest BCUT2D eigenvalue weighted by atomic mass is 32.1. The molecule has 3 rings (SSSR count). The molecular weight excluding hydrogens is 346 g/mol. The van der Waals surface area contributed by atoms with Gasteiger partial charge in [0.25, 0.3) is 0 Å². The number of anilines is 2. The highest BCUT2D eigenvalue weighted by Gasteiger charge is 2.13. The predicted octanol–water partition coefficient (Wildman–Crippen LogP) is 4.74. The smallest absolute Gasteiger partial charge is 0.230 e.